The Morgan fingerprint density at radius 3 is 2.71 bits per heavy atom. The van der Waals surface area contributed by atoms with E-state index in [1.807, 2.05) is 6.08 Å². The first-order valence-corrected chi connectivity index (χ1v) is 9.41. The van der Waals surface area contributed by atoms with Crippen LogP contribution in [0.5, 0.6) is 0 Å². The van der Waals surface area contributed by atoms with Crippen LogP contribution < -0.4 is 0 Å². The Morgan fingerprint density at radius 2 is 2.00 bits per heavy atom. The molecule has 3 heteroatoms. The lowest BCUT2D eigenvalue weighted by molar-refractivity contribution is -0.129. The molecular formula is C21H28O3. The van der Waals surface area contributed by atoms with Crippen LogP contribution in [-0.2, 0) is 9.59 Å². The van der Waals surface area contributed by atoms with Gasteiger partial charge < -0.3 is 5.11 Å². The zero-order valence-electron chi connectivity index (χ0n) is 15.0. The van der Waals surface area contributed by atoms with Crippen molar-refractivity contribution in [2.45, 2.75) is 65.4 Å². The summed E-state index contributed by atoms with van der Waals surface area (Å²) in [4.78, 5) is 24.0. The van der Waals surface area contributed by atoms with E-state index in [1.165, 1.54) is 5.57 Å². The van der Waals surface area contributed by atoms with Crippen molar-refractivity contribution in [3.05, 3.63) is 23.3 Å². The number of rotatable bonds is 1. The maximum atomic E-state index is 12.1. The molecule has 24 heavy (non-hydrogen) atoms. The summed E-state index contributed by atoms with van der Waals surface area (Å²) < 4.78 is 0. The Hall–Kier alpha value is -1.22. The highest BCUT2D eigenvalue weighted by Crippen LogP contribution is 2.65. The molecule has 4 rings (SSSR count). The van der Waals surface area contributed by atoms with Gasteiger partial charge in [-0.15, -0.1) is 0 Å². The third-order valence-corrected chi connectivity index (χ3v) is 7.86. The molecule has 6 atom stereocenters. The van der Waals surface area contributed by atoms with Crippen molar-refractivity contribution in [2.75, 3.05) is 0 Å². The first-order valence-electron chi connectivity index (χ1n) is 9.41. The Balaban J connectivity index is 1.73. The molecule has 0 aromatic carbocycles. The van der Waals surface area contributed by atoms with Gasteiger partial charge in [-0.2, -0.15) is 0 Å². The van der Waals surface area contributed by atoms with Gasteiger partial charge >= 0.3 is 0 Å². The van der Waals surface area contributed by atoms with E-state index in [9.17, 15) is 14.7 Å². The molecule has 0 bridgehead atoms. The SMILES string of the molecule is CC(=O)C1=CC[C@H]2[C@@H]3CCC4=CC(=O)CC[C@]4(C)[C@H]3C(O)C[C@]12C. The molecule has 3 nitrogen and oxygen atoms in total. The zero-order chi connectivity index (χ0) is 17.3. The first-order chi connectivity index (χ1) is 11.3. The number of ketones is 2. The maximum absolute atomic E-state index is 12.1. The van der Waals surface area contributed by atoms with Gasteiger partial charge in [-0.05, 0) is 73.8 Å². The summed E-state index contributed by atoms with van der Waals surface area (Å²) in [5, 5.41) is 11.1. The van der Waals surface area contributed by atoms with Crippen LogP contribution in [0.3, 0.4) is 0 Å². The smallest absolute Gasteiger partial charge is 0.156 e. The normalized spacial score (nSPS) is 47.2. The average Bonchev–Trinajstić information content (AvgIpc) is 2.84. The second-order valence-corrected chi connectivity index (χ2v) is 8.99. The predicted molar refractivity (Wildman–Crippen MR) is 92.2 cm³/mol. The van der Waals surface area contributed by atoms with E-state index in [2.05, 4.69) is 19.9 Å². The van der Waals surface area contributed by atoms with Crippen LogP contribution in [0, 0.1) is 28.6 Å². The Morgan fingerprint density at radius 1 is 1.25 bits per heavy atom. The van der Waals surface area contributed by atoms with Crippen molar-refractivity contribution < 1.29 is 14.7 Å². The van der Waals surface area contributed by atoms with Gasteiger partial charge in [-0.25, -0.2) is 0 Å². The summed E-state index contributed by atoms with van der Waals surface area (Å²) in [6, 6.07) is 0. The minimum Gasteiger partial charge on any atom is -0.393 e. The van der Waals surface area contributed by atoms with E-state index >= 15 is 0 Å². The number of Topliss-reactive ketones (excluding diaryl/α,β-unsaturated/α-hetero) is 1. The highest BCUT2D eigenvalue weighted by atomic mass is 16.3. The van der Waals surface area contributed by atoms with E-state index in [0.717, 1.165) is 31.3 Å². The third kappa shape index (κ3) is 2.00. The van der Waals surface area contributed by atoms with Crippen molar-refractivity contribution in [3.8, 4) is 0 Å². The second-order valence-electron chi connectivity index (χ2n) is 8.99. The van der Waals surface area contributed by atoms with Crippen molar-refractivity contribution in [2.24, 2.45) is 28.6 Å². The van der Waals surface area contributed by atoms with Crippen LogP contribution in [0.4, 0.5) is 0 Å². The molecule has 0 aliphatic heterocycles. The van der Waals surface area contributed by atoms with Gasteiger partial charge in [0.1, 0.15) is 0 Å². The standard InChI is InChI=1S/C21H28O3/c1-12(22)16-6-7-17-15-5-4-13-10-14(23)8-9-20(13,2)19(15)18(24)11-21(16,17)3/h6,10,15,17-19,24H,4-5,7-9,11H2,1-3H3/t15-,17-,18?,19+,20-,21+/m0/s1. The highest BCUT2D eigenvalue weighted by Gasteiger charge is 2.60. The number of carbonyl (C=O) groups excluding carboxylic acids is 2. The molecule has 2 fully saturated rings. The molecule has 1 N–H and O–H groups in total. The molecule has 2 saturated carbocycles. The zero-order valence-corrected chi connectivity index (χ0v) is 15.0. The van der Waals surface area contributed by atoms with Crippen LogP contribution >= 0.6 is 0 Å². The fourth-order valence-electron chi connectivity index (χ4n) is 6.80. The van der Waals surface area contributed by atoms with Gasteiger partial charge in [0, 0.05) is 11.8 Å². The molecule has 0 aromatic heterocycles. The number of allylic oxidation sites excluding steroid dienone is 4. The van der Waals surface area contributed by atoms with Gasteiger partial charge in [0.15, 0.2) is 11.6 Å². The van der Waals surface area contributed by atoms with E-state index < -0.39 is 0 Å². The third-order valence-electron chi connectivity index (χ3n) is 7.86. The van der Waals surface area contributed by atoms with Crippen LogP contribution in [0.1, 0.15) is 59.3 Å². The summed E-state index contributed by atoms with van der Waals surface area (Å²) >= 11 is 0. The molecule has 1 unspecified atom stereocenters. The molecule has 0 spiro atoms. The molecule has 4 aliphatic rings. The first kappa shape index (κ1) is 16.3. The van der Waals surface area contributed by atoms with E-state index in [0.29, 0.717) is 24.7 Å². The van der Waals surface area contributed by atoms with Crippen LogP contribution in [0.2, 0.25) is 0 Å². The Kier molecular flexibility index (Phi) is 3.48. The van der Waals surface area contributed by atoms with Crippen LogP contribution in [0.15, 0.2) is 23.3 Å². The molecule has 4 aliphatic carbocycles. The van der Waals surface area contributed by atoms with E-state index in [1.54, 1.807) is 6.92 Å². The van der Waals surface area contributed by atoms with E-state index in [-0.39, 0.29) is 34.4 Å². The highest BCUT2D eigenvalue weighted by molar-refractivity contribution is 5.95. The Labute approximate surface area is 144 Å². The second kappa shape index (κ2) is 5.14. The van der Waals surface area contributed by atoms with Gasteiger partial charge in [0.05, 0.1) is 6.10 Å². The molecular weight excluding hydrogens is 300 g/mol. The minimum atomic E-state index is -0.390. The lowest BCUT2D eigenvalue weighted by atomic mass is 9.46. The molecule has 0 heterocycles. The summed E-state index contributed by atoms with van der Waals surface area (Å²) in [5.74, 6) is 1.54. The summed E-state index contributed by atoms with van der Waals surface area (Å²) in [6.07, 6.45) is 8.75. The molecule has 0 amide bonds. The fourth-order valence-corrected chi connectivity index (χ4v) is 6.80. The van der Waals surface area contributed by atoms with E-state index in [4.69, 9.17) is 0 Å². The fraction of sp³-hybridized carbons (Fsp3) is 0.714. The Bertz CT molecular complexity index is 673. The number of carbonyl (C=O) groups is 2. The largest absolute Gasteiger partial charge is 0.393 e. The molecule has 0 saturated heterocycles. The molecule has 130 valence electrons. The average molecular weight is 328 g/mol. The monoisotopic (exact) mass is 328 g/mol. The predicted octanol–water partition coefficient (Wildman–Crippen LogP) is 3.61. The van der Waals surface area contributed by atoms with Crippen LogP contribution in [-0.4, -0.2) is 22.8 Å². The van der Waals surface area contributed by atoms with Gasteiger partial charge in [-0.3, -0.25) is 9.59 Å². The lowest BCUT2D eigenvalue weighted by Gasteiger charge is -2.59. The van der Waals surface area contributed by atoms with Crippen molar-refractivity contribution in [1.82, 2.24) is 0 Å². The number of aliphatic hydroxyl groups is 1. The minimum absolute atomic E-state index is 0.0451. The van der Waals surface area contributed by atoms with Gasteiger partial charge in [0.2, 0.25) is 0 Å². The topological polar surface area (TPSA) is 54.4 Å². The maximum Gasteiger partial charge on any atom is 0.156 e. The van der Waals surface area contributed by atoms with Crippen molar-refractivity contribution in [1.29, 1.82) is 0 Å². The number of hydrogen-bond donors (Lipinski definition) is 1. The quantitative estimate of drug-likeness (QED) is 0.800. The molecule has 0 radical (unpaired) electrons. The number of aliphatic hydroxyl groups excluding tert-OH is 1. The van der Waals surface area contributed by atoms with Crippen molar-refractivity contribution >= 4 is 11.6 Å². The molecule has 0 aromatic rings. The number of fused-ring (bicyclic) bond motifs is 5. The van der Waals surface area contributed by atoms with Gasteiger partial charge in [0.25, 0.3) is 0 Å². The van der Waals surface area contributed by atoms with Crippen LogP contribution in [0.25, 0.3) is 0 Å². The number of hydrogen-bond acceptors (Lipinski definition) is 3. The summed E-state index contributed by atoms with van der Waals surface area (Å²) in [7, 11) is 0. The van der Waals surface area contributed by atoms with Gasteiger partial charge in [-0.1, -0.05) is 25.5 Å². The summed E-state index contributed by atoms with van der Waals surface area (Å²) in [6.45, 7) is 6.12. The summed E-state index contributed by atoms with van der Waals surface area (Å²) in [5.41, 5.74) is 1.99. The van der Waals surface area contributed by atoms with Crippen molar-refractivity contribution in [3.63, 3.8) is 0 Å². The lowest BCUT2D eigenvalue weighted by Crippen LogP contribution is -2.56.